The molecule has 0 unspecified atom stereocenters. The lowest BCUT2D eigenvalue weighted by Crippen LogP contribution is -2.48. The van der Waals surface area contributed by atoms with Gasteiger partial charge < -0.3 is 15.2 Å². The molecule has 1 fully saturated rings. The van der Waals surface area contributed by atoms with E-state index in [9.17, 15) is 9.59 Å². The minimum atomic E-state index is -0.422. The summed E-state index contributed by atoms with van der Waals surface area (Å²) >= 11 is 0. The zero-order chi connectivity index (χ0) is 20.2. The van der Waals surface area contributed by atoms with Gasteiger partial charge in [-0.05, 0) is 29.8 Å². The zero-order valence-electron chi connectivity index (χ0n) is 15.8. The summed E-state index contributed by atoms with van der Waals surface area (Å²) in [5.74, 6) is 0.102. The summed E-state index contributed by atoms with van der Waals surface area (Å²) < 4.78 is 4.75. The van der Waals surface area contributed by atoms with Crippen molar-refractivity contribution < 1.29 is 14.1 Å². The third-order valence-corrected chi connectivity index (χ3v) is 5.06. The number of hydrogen-bond donors (Lipinski definition) is 1. The molecule has 2 amide bonds. The largest absolute Gasteiger partial charge is 0.366 e. The van der Waals surface area contributed by atoms with Crippen LogP contribution in [0.1, 0.15) is 26.3 Å². The molecule has 0 spiro atoms. The van der Waals surface area contributed by atoms with Crippen molar-refractivity contribution in [1.29, 1.82) is 0 Å². The Hall–Kier alpha value is -3.52. The molecule has 8 nitrogen and oxygen atoms in total. The molecular weight excluding hydrogens is 370 g/mol. The molecule has 148 valence electrons. The van der Waals surface area contributed by atoms with Crippen LogP contribution in [-0.2, 0) is 6.54 Å². The van der Waals surface area contributed by atoms with E-state index in [-0.39, 0.29) is 5.91 Å². The van der Waals surface area contributed by atoms with Crippen LogP contribution in [0.25, 0.3) is 11.4 Å². The summed E-state index contributed by atoms with van der Waals surface area (Å²) in [6.45, 7) is 3.71. The monoisotopic (exact) mass is 391 g/mol. The predicted octanol–water partition coefficient (Wildman–Crippen LogP) is 1.79. The van der Waals surface area contributed by atoms with Gasteiger partial charge in [0.2, 0.25) is 18.1 Å². The van der Waals surface area contributed by atoms with Crippen molar-refractivity contribution in [3.63, 3.8) is 0 Å². The van der Waals surface area contributed by atoms with Crippen LogP contribution >= 0.6 is 0 Å². The van der Waals surface area contributed by atoms with Crippen LogP contribution in [0.3, 0.4) is 0 Å². The molecule has 8 heteroatoms. The van der Waals surface area contributed by atoms with Crippen molar-refractivity contribution in [3.05, 3.63) is 71.6 Å². The van der Waals surface area contributed by atoms with Crippen LogP contribution in [0.5, 0.6) is 0 Å². The molecule has 0 atom stereocenters. The Balaban J connectivity index is 1.32. The van der Waals surface area contributed by atoms with E-state index in [0.29, 0.717) is 30.0 Å². The maximum Gasteiger partial charge on any atom is 0.253 e. The molecule has 1 aliphatic heterocycles. The highest BCUT2D eigenvalue weighted by Gasteiger charge is 2.22. The van der Waals surface area contributed by atoms with Gasteiger partial charge in [-0.3, -0.25) is 14.5 Å². The molecule has 1 aliphatic rings. The normalized spacial score (nSPS) is 14.7. The predicted molar refractivity (Wildman–Crippen MR) is 106 cm³/mol. The molecule has 4 rings (SSSR count). The van der Waals surface area contributed by atoms with Gasteiger partial charge in [-0.1, -0.05) is 29.4 Å². The summed E-state index contributed by atoms with van der Waals surface area (Å²) in [7, 11) is 0. The fourth-order valence-electron chi connectivity index (χ4n) is 3.38. The van der Waals surface area contributed by atoms with Gasteiger partial charge >= 0.3 is 0 Å². The fraction of sp³-hybridized carbons (Fsp3) is 0.238. The summed E-state index contributed by atoms with van der Waals surface area (Å²) in [5.41, 5.74) is 8.36. The Morgan fingerprint density at radius 2 is 1.59 bits per heavy atom. The van der Waals surface area contributed by atoms with Gasteiger partial charge in [0.25, 0.3) is 5.91 Å². The summed E-state index contributed by atoms with van der Waals surface area (Å²) in [5, 5.41) is 3.80. The number of nitrogens with zero attached hydrogens (tertiary/aromatic N) is 4. The lowest BCUT2D eigenvalue weighted by atomic mass is 10.1. The Labute approximate surface area is 167 Å². The van der Waals surface area contributed by atoms with E-state index in [4.69, 9.17) is 10.3 Å². The van der Waals surface area contributed by atoms with Crippen molar-refractivity contribution in [3.8, 4) is 11.4 Å². The number of primary amides is 1. The molecule has 0 bridgehead atoms. The van der Waals surface area contributed by atoms with E-state index in [1.807, 2.05) is 29.2 Å². The smallest absolute Gasteiger partial charge is 0.253 e. The van der Waals surface area contributed by atoms with E-state index in [0.717, 1.165) is 30.8 Å². The highest BCUT2D eigenvalue weighted by atomic mass is 16.5. The highest BCUT2D eigenvalue weighted by molar-refractivity contribution is 5.94. The van der Waals surface area contributed by atoms with Crippen LogP contribution in [0.4, 0.5) is 0 Å². The van der Waals surface area contributed by atoms with Crippen LogP contribution in [-0.4, -0.2) is 57.9 Å². The first-order valence-electron chi connectivity index (χ1n) is 9.37. The number of piperazine rings is 1. The molecule has 3 aromatic rings. The second-order valence-corrected chi connectivity index (χ2v) is 6.96. The first kappa shape index (κ1) is 18.8. The number of aromatic nitrogens is 2. The van der Waals surface area contributed by atoms with Gasteiger partial charge in [-0.2, -0.15) is 4.98 Å². The molecule has 1 aromatic heterocycles. The van der Waals surface area contributed by atoms with Gasteiger partial charge in [0.15, 0.2) is 0 Å². The van der Waals surface area contributed by atoms with Gasteiger partial charge in [0.05, 0.1) is 0 Å². The van der Waals surface area contributed by atoms with E-state index >= 15 is 0 Å². The van der Waals surface area contributed by atoms with Crippen molar-refractivity contribution in [2.24, 2.45) is 5.73 Å². The molecule has 2 N–H and O–H groups in total. The maximum atomic E-state index is 12.8. The second-order valence-electron chi connectivity index (χ2n) is 6.96. The minimum absolute atomic E-state index is 0.0233. The molecule has 1 saturated heterocycles. The van der Waals surface area contributed by atoms with Crippen LogP contribution in [0.15, 0.2) is 59.4 Å². The number of hydrogen-bond acceptors (Lipinski definition) is 6. The molecular formula is C21H21N5O3. The number of carbonyl (C=O) groups is 2. The highest BCUT2D eigenvalue weighted by Crippen LogP contribution is 2.17. The number of amides is 2. The molecule has 0 saturated carbocycles. The van der Waals surface area contributed by atoms with Gasteiger partial charge in [-0.25, -0.2) is 0 Å². The minimum Gasteiger partial charge on any atom is -0.366 e. The zero-order valence-corrected chi connectivity index (χ0v) is 15.8. The number of benzene rings is 2. The number of rotatable bonds is 5. The Morgan fingerprint density at radius 1 is 0.931 bits per heavy atom. The van der Waals surface area contributed by atoms with E-state index in [1.54, 1.807) is 24.3 Å². The quantitative estimate of drug-likeness (QED) is 0.711. The molecule has 0 radical (unpaired) electrons. The van der Waals surface area contributed by atoms with Crippen molar-refractivity contribution in [1.82, 2.24) is 19.9 Å². The third-order valence-electron chi connectivity index (χ3n) is 5.06. The summed E-state index contributed by atoms with van der Waals surface area (Å²) in [6, 6.07) is 14.6. The average molecular weight is 391 g/mol. The topological polar surface area (TPSA) is 106 Å². The summed E-state index contributed by atoms with van der Waals surface area (Å²) in [4.78, 5) is 32.1. The SMILES string of the molecule is NC(=O)c1ccc(CN2CCN(C(=O)c3ccc(-c4ncon4)cc3)CC2)cc1. The lowest BCUT2D eigenvalue weighted by Gasteiger charge is -2.34. The van der Waals surface area contributed by atoms with Gasteiger partial charge in [0, 0.05) is 49.4 Å². The van der Waals surface area contributed by atoms with Crippen molar-refractivity contribution in [2.45, 2.75) is 6.54 Å². The average Bonchev–Trinajstić information content (AvgIpc) is 3.29. The molecule has 29 heavy (non-hydrogen) atoms. The molecule has 2 aromatic carbocycles. The van der Waals surface area contributed by atoms with Gasteiger partial charge in [-0.15, -0.1) is 0 Å². The number of carbonyl (C=O) groups excluding carboxylic acids is 2. The third kappa shape index (κ3) is 4.33. The first-order valence-corrected chi connectivity index (χ1v) is 9.37. The van der Waals surface area contributed by atoms with Crippen molar-refractivity contribution >= 4 is 11.8 Å². The standard InChI is InChI=1S/C21H21N5O3/c22-19(27)16-3-1-15(2-4-16)13-25-9-11-26(12-10-25)21(28)18-7-5-17(6-8-18)20-23-14-29-24-20/h1-8,14H,9-13H2,(H2,22,27). The lowest BCUT2D eigenvalue weighted by molar-refractivity contribution is 0.0628. The summed E-state index contributed by atoms with van der Waals surface area (Å²) in [6.07, 6.45) is 1.28. The Kier molecular flexibility index (Phi) is 5.35. The van der Waals surface area contributed by atoms with E-state index in [2.05, 4.69) is 15.0 Å². The van der Waals surface area contributed by atoms with Crippen LogP contribution < -0.4 is 5.73 Å². The van der Waals surface area contributed by atoms with Crippen molar-refractivity contribution in [2.75, 3.05) is 26.2 Å². The molecule has 0 aliphatic carbocycles. The van der Waals surface area contributed by atoms with E-state index in [1.165, 1.54) is 6.39 Å². The Morgan fingerprint density at radius 3 is 2.17 bits per heavy atom. The van der Waals surface area contributed by atoms with E-state index < -0.39 is 5.91 Å². The van der Waals surface area contributed by atoms with Gasteiger partial charge in [0.1, 0.15) is 0 Å². The number of nitrogens with two attached hydrogens (primary N) is 1. The fourth-order valence-corrected chi connectivity index (χ4v) is 3.38. The molecule has 2 heterocycles. The van der Waals surface area contributed by atoms with Crippen LogP contribution in [0.2, 0.25) is 0 Å². The first-order chi connectivity index (χ1) is 14.1. The second kappa shape index (κ2) is 8.24. The Bertz CT molecular complexity index is 976. The van der Waals surface area contributed by atoms with Crippen LogP contribution in [0, 0.1) is 0 Å². The maximum absolute atomic E-state index is 12.8.